The predicted octanol–water partition coefficient (Wildman–Crippen LogP) is 1.24. The van der Waals surface area contributed by atoms with Gasteiger partial charge in [0.1, 0.15) is 5.75 Å². The number of methoxy groups -OCH3 is 1. The van der Waals surface area contributed by atoms with Gasteiger partial charge in [-0.25, -0.2) is 13.1 Å². The number of hydrogen-bond acceptors (Lipinski definition) is 6. The van der Waals surface area contributed by atoms with Crippen LogP contribution in [0.4, 0.5) is 0 Å². The van der Waals surface area contributed by atoms with E-state index in [0.29, 0.717) is 17.9 Å². The van der Waals surface area contributed by atoms with Crippen LogP contribution in [-0.2, 0) is 21.3 Å². The van der Waals surface area contributed by atoms with Crippen LogP contribution in [0.1, 0.15) is 15.9 Å². The smallest absolute Gasteiger partial charge is 0.251 e. The molecule has 0 aliphatic carbocycles. The molecular formula is C21H27N3O5S. The molecule has 2 aromatic rings. The molecule has 1 saturated heterocycles. The lowest BCUT2D eigenvalue weighted by atomic mass is 10.1. The van der Waals surface area contributed by atoms with Crippen LogP contribution in [0.25, 0.3) is 0 Å². The molecule has 1 heterocycles. The summed E-state index contributed by atoms with van der Waals surface area (Å²) in [4.78, 5) is 14.7. The molecule has 1 fully saturated rings. The highest BCUT2D eigenvalue weighted by Gasteiger charge is 2.14. The lowest BCUT2D eigenvalue weighted by Gasteiger charge is -2.26. The van der Waals surface area contributed by atoms with Crippen molar-refractivity contribution in [1.29, 1.82) is 0 Å². The fraction of sp³-hybridized carbons (Fsp3) is 0.381. The van der Waals surface area contributed by atoms with E-state index in [2.05, 4.69) is 14.9 Å². The molecule has 3 rings (SSSR count). The quantitative estimate of drug-likeness (QED) is 0.618. The van der Waals surface area contributed by atoms with Crippen molar-refractivity contribution in [1.82, 2.24) is 14.9 Å². The molecule has 0 bridgehead atoms. The Kier molecular flexibility index (Phi) is 7.81. The number of ether oxygens (including phenoxy) is 2. The Balaban J connectivity index is 1.47. The van der Waals surface area contributed by atoms with Gasteiger partial charge in [-0.3, -0.25) is 9.69 Å². The van der Waals surface area contributed by atoms with Crippen molar-refractivity contribution in [3.63, 3.8) is 0 Å². The van der Waals surface area contributed by atoms with E-state index in [1.807, 2.05) is 0 Å². The Hall–Kier alpha value is -2.46. The molecular weight excluding hydrogens is 406 g/mol. The number of amides is 1. The fourth-order valence-corrected chi connectivity index (χ4v) is 4.06. The van der Waals surface area contributed by atoms with E-state index in [9.17, 15) is 13.2 Å². The number of benzene rings is 2. The van der Waals surface area contributed by atoms with Crippen LogP contribution in [0.5, 0.6) is 5.75 Å². The summed E-state index contributed by atoms with van der Waals surface area (Å²) >= 11 is 0. The van der Waals surface area contributed by atoms with Crippen LogP contribution in [0, 0.1) is 0 Å². The topological polar surface area (TPSA) is 97.0 Å². The van der Waals surface area contributed by atoms with E-state index in [1.165, 1.54) is 19.2 Å². The van der Waals surface area contributed by atoms with Gasteiger partial charge in [-0.2, -0.15) is 0 Å². The average Bonchev–Trinajstić information content (AvgIpc) is 2.79. The summed E-state index contributed by atoms with van der Waals surface area (Å²) in [6.45, 7) is 4.74. The molecule has 30 heavy (non-hydrogen) atoms. The molecule has 0 unspecified atom stereocenters. The maximum Gasteiger partial charge on any atom is 0.251 e. The summed E-state index contributed by atoms with van der Waals surface area (Å²) < 4.78 is 37.7. The van der Waals surface area contributed by atoms with Gasteiger partial charge in [0.25, 0.3) is 5.91 Å². The van der Waals surface area contributed by atoms with Crippen LogP contribution in [0.2, 0.25) is 0 Å². The third-order valence-electron chi connectivity index (χ3n) is 4.87. The summed E-state index contributed by atoms with van der Waals surface area (Å²) in [5, 5.41) is 2.91. The molecule has 0 atom stereocenters. The molecule has 0 saturated carbocycles. The van der Waals surface area contributed by atoms with Gasteiger partial charge >= 0.3 is 0 Å². The van der Waals surface area contributed by atoms with Crippen LogP contribution in [0.3, 0.4) is 0 Å². The summed E-state index contributed by atoms with van der Waals surface area (Å²) in [5.74, 6) is 0.446. The minimum absolute atomic E-state index is 0.132. The van der Waals surface area contributed by atoms with Crippen LogP contribution >= 0.6 is 0 Å². The first-order valence-corrected chi connectivity index (χ1v) is 11.3. The van der Waals surface area contributed by atoms with Gasteiger partial charge in [-0.15, -0.1) is 0 Å². The third kappa shape index (κ3) is 6.27. The first-order chi connectivity index (χ1) is 14.5. The second-order valence-corrected chi connectivity index (χ2v) is 8.67. The molecule has 0 spiro atoms. The van der Waals surface area contributed by atoms with E-state index in [1.54, 1.807) is 36.4 Å². The summed E-state index contributed by atoms with van der Waals surface area (Å²) in [6, 6.07) is 13.1. The van der Waals surface area contributed by atoms with Gasteiger partial charge in [-0.1, -0.05) is 12.1 Å². The molecule has 162 valence electrons. The van der Waals surface area contributed by atoms with Gasteiger partial charge in [0.15, 0.2) is 0 Å². The van der Waals surface area contributed by atoms with Gasteiger partial charge in [-0.05, 0) is 42.0 Å². The third-order valence-corrected chi connectivity index (χ3v) is 6.29. The molecule has 0 radical (unpaired) electrons. The number of carbonyl (C=O) groups is 1. The minimum Gasteiger partial charge on any atom is -0.497 e. The Bertz CT molecular complexity index is 924. The zero-order chi connectivity index (χ0) is 21.4. The van der Waals surface area contributed by atoms with E-state index in [-0.39, 0.29) is 17.3 Å². The lowest BCUT2D eigenvalue weighted by molar-refractivity contribution is 0.0383. The van der Waals surface area contributed by atoms with Crippen molar-refractivity contribution in [3.8, 4) is 5.75 Å². The largest absolute Gasteiger partial charge is 0.497 e. The van der Waals surface area contributed by atoms with Crippen molar-refractivity contribution in [3.05, 3.63) is 59.7 Å². The van der Waals surface area contributed by atoms with Crippen molar-refractivity contribution in [2.75, 3.05) is 46.5 Å². The summed E-state index contributed by atoms with van der Waals surface area (Å²) in [6.07, 6.45) is 0. The van der Waals surface area contributed by atoms with Gasteiger partial charge in [0.2, 0.25) is 10.0 Å². The van der Waals surface area contributed by atoms with Crippen LogP contribution < -0.4 is 14.8 Å². The Morgan fingerprint density at radius 3 is 2.37 bits per heavy atom. The monoisotopic (exact) mass is 433 g/mol. The van der Waals surface area contributed by atoms with Crippen molar-refractivity contribution < 1.29 is 22.7 Å². The van der Waals surface area contributed by atoms with Gasteiger partial charge in [0, 0.05) is 38.3 Å². The molecule has 8 nitrogen and oxygen atoms in total. The molecule has 1 aliphatic heterocycles. The van der Waals surface area contributed by atoms with Crippen molar-refractivity contribution in [2.24, 2.45) is 0 Å². The average molecular weight is 434 g/mol. The normalized spacial score (nSPS) is 15.0. The summed E-state index contributed by atoms with van der Waals surface area (Å²) in [7, 11) is -2.11. The molecule has 1 aliphatic rings. The standard InChI is InChI=1S/C21H27N3O5S/c1-28-19-6-8-20(9-7-19)30(26,27)23-16-17-2-4-18(5-3-17)21(25)22-10-11-24-12-14-29-15-13-24/h2-9,23H,10-16H2,1H3,(H,22,25). The Morgan fingerprint density at radius 1 is 1.07 bits per heavy atom. The second-order valence-electron chi connectivity index (χ2n) is 6.91. The number of nitrogens with one attached hydrogen (secondary N) is 2. The van der Waals surface area contributed by atoms with Gasteiger partial charge < -0.3 is 14.8 Å². The Morgan fingerprint density at radius 2 is 1.73 bits per heavy atom. The minimum atomic E-state index is -3.63. The van der Waals surface area contributed by atoms with Gasteiger partial charge in [0.05, 0.1) is 25.2 Å². The zero-order valence-corrected chi connectivity index (χ0v) is 17.8. The number of carbonyl (C=O) groups excluding carboxylic acids is 1. The Labute approximate surface area is 177 Å². The maximum absolute atomic E-state index is 12.4. The number of nitrogens with zero attached hydrogens (tertiary/aromatic N) is 1. The second kappa shape index (κ2) is 10.5. The lowest BCUT2D eigenvalue weighted by Crippen LogP contribution is -2.41. The summed E-state index contributed by atoms with van der Waals surface area (Å²) in [5.41, 5.74) is 1.30. The highest BCUT2D eigenvalue weighted by molar-refractivity contribution is 7.89. The predicted molar refractivity (Wildman–Crippen MR) is 113 cm³/mol. The van der Waals surface area contributed by atoms with Crippen LogP contribution in [-0.4, -0.2) is 65.7 Å². The number of rotatable bonds is 9. The first-order valence-electron chi connectivity index (χ1n) is 9.79. The molecule has 9 heteroatoms. The fourth-order valence-electron chi connectivity index (χ4n) is 3.04. The van der Waals surface area contributed by atoms with Crippen molar-refractivity contribution >= 4 is 15.9 Å². The zero-order valence-electron chi connectivity index (χ0n) is 17.0. The molecule has 0 aromatic heterocycles. The molecule has 2 N–H and O–H groups in total. The first kappa shape index (κ1) is 22.2. The molecule has 1 amide bonds. The van der Waals surface area contributed by atoms with E-state index >= 15 is 0 Å². The number of hydrogen-bond donors (Lipinski definition) is 2. The highest BCUT2D eigenvalue weighted by Crippen LogP contribution is 2.15. The van der Waals surface area contributed by atoms with E-state index in [4.69, 9.17) is 9.47 Å². The van der Waals surface area contributed by atoms with Crippen molar-refractivity contribution in [2.45, 2.75) is 11.4 Å². The molecule has 2 aromatic carbocycles. The SMILES string of the molecule is COc1ccc(S(=O)(=O)NCc2ccc(C(=O)NCCN3CCOCC3)cc2)cc1. The number of morpholine rings is 1. The van der Waals surface area contributed by atoms with E-state index < -0.39 is 10.0 Å². The number of sulfonamides is 1. The highest BCUT2D eigenvalue weighted by atomic mass is 32.2. The maximum atomic E-state index is 12.4. The van der Waals surface area contributed by atoms with E-state index in [0.717, 1.165) is 38.4 Å². The van der Waals surface area contributed by atoms with Crippen LogP contribution in [0.15, 0.2) is 53.4 Å².